The van der Waals surface area contributed by atoms with Crippen LogP contribution in [0.4, 0.5) is 0 Å². The van der Waals surface area contributed by atoms with Crippen molar-refractivity contribution < 1.29 is 9.53 Å². The van der Waals surface area contributed by atoms with Crippen molar-refractivity contribution in [3.05, 3.63) is 33.3 Å². The number of hydrogen-bond donors (Lipinski definition) is 0. The first-order valence-corrected chi connectivity index (χ1v) is 5.16. The van der Waals surface area contributed by atoms with E-state index in [4.69, 9.17) is 0 Å². The van der Waals surface area contributed by atoms with Gasteiger partial charge in [-0.2, -0.15) is 0 Å². The topological polar surface area (TPSA) is 26.3 Å². The van der Waals surface area contributed by atoms with Gasteiger partial charge in [0.25, 0.3) is 0 Å². The average molecular weight is 257 g/mol. The van der Waals surface area contributed by atoms with Crippen molar-refractivity contribution in [2.75, 3.05) is 7.11 Å². The fraction of sp³-hybridized carbons (Fsp3) is 0.364. The standard InChI is InChI=1S/C11H13BrO2/c1-7-4-9(6-11(13)14-3)10(12)5-8(7)2/h4-5H,6H2,1-3H3. The lowest BCUT2D eigenvalue weighted by atomic mass is 10.0. The second-order valence-corrected chi connectivity index (χ2v) is 4.14. The summed E-state index contributed by atoms with van der Waals surface area (Å²) in [5, 5.41) is 0. The van der Waals surface area contributed by atoms with E-state index in [1.54, 1.807) is 0 Å². The molecule has 0 radical (unpaired) electrons. The zero-order valence-corrected chi connectivity index (χ0v) is 10.1. The third-order valence-corrected chi connectivity index (χ3v) is 2.96. The Balaban J connectivity index is 2.98. The van der Waals surface area contributed by atoms with E-state index in [2.05, 4.69) is 20.7 Å². The Bertz CT molecular complexity index is 359. The quantitative estimate of drug-likeness (QED) is 0.761. The number of hydrogen-bond acceptors (Lipinski definition) is 2. The van der Waals surface area contributed by atoms with Crippen LogP contribution in [0.25, 0.3) is 0 Å². The maximum absolute atomic E-state index is 11.1. The summed E-state index contributed by atoms with van der Waals surface area (Å²) in [5.41, 5.74) is 3.37. The summed E-state index contributed by atoms with van der Waals surface area (Å²) in [6, 6.07) is 4.03. The molecule has 3 heteroatoms. The van der Waals surface area contributed by atoms with E-state index in [0.29, 0.717) is 6.42 Å². The molecule has 1 rings (SSSR count). The number of esters is 1. The van der Waals surface area contributed by atoms with Crippen LogP contribution in [0.3, 0.4) is 0 Å². The normalized spacial score (nSPS) is 10.0. The van der Waals surface area contributed by atoms with Crippen molar-refractivity contribution in [1.82, 2.24) is 0 Å². The first kappa shape index (κ1) is 11.2. The maximum Gasteiger partial charge on any atom is 0.310 e. The Morgan fingerprint density at radius 1 is 1.36 bits per heavy atom. The molecule has 0 aliphatic rings. The molecule has 1 aromatic carbocycles. The Morgan fingerprint density at radius 3 is 2.50 bits per heavy atom. The number of ether oxygens (including phenoxy) is 1. The number of halogens is 1. The van der Waals surface area contributed by atoms with Crippen LogP contribution in [0.15, 0.2) is 16.6 Å². The van der Waals surface area contributed by atoms with E-state index in [9.17, 15) is 4.79 Å². The van der Waals surface area contributed by atoms with E-state index >= 15 is 0 Å². The molecule has 0 atom stereocenters. The molecule has 0 spiro atoms. The first-order valence-electron chi connectivity index (χ1n) is 4.37. The van der Waals surface area contributed by atoms with Crippen molar-refractivity contribution >= 4 is 21.9 Å². The number of aryl methyl sites for hydroxylation is 2. The summed E-state index contributed by atoms with van der Waals surface area (Å²) in [7, 11) is 1.40. The van der Waals surface area contributed by atoms with E-state index in [-0.39, 0.29) is 5.97 Å². The largest absolute Gasteiger partial charge is 0.469 e. The molecular formula is C11H13BrO2. The van der Waals surface area contributed by atoms with Gasteiger partial charge in [0.2, 0.25) is 0 Å². The summed E-state index contributed by atoms with van der Waals surface area (Å²) in [4.78, 5) is 11.1. The van der Waals surface area contributed by atoms with Crippen LogP contribution < -0.4 is 0 Å². The third-order valence-electron chi connectivity index (χ3n) is 2.23. The van der Waals surface area contributed by atoms with Gasteiger partial charge >= 0.3 is 5.97 Å². The third kappa shape index (κ3) is 2.58. The summed E-state index contributed by atoms with van der Waals surface area (Å²) in [6.45, 7) is 4.07. The summed E-state index contributed by atoms with van der Waals surface area (Å²) >= 11 is 3.43. The van der Waals surface area contributed by atoms with E-state index in [0.717, 1.165) is 10.0 Å². The Kier molecular flexibility index (Phi) is 3.69. The fourth-order valence-corrected chi connectivity index (χ4v) is 1.80. The Morgan fingerprint density at radius 2 is 1.93 bits per heavy atom. The number of methoxy groups -OCH3 is 1. The molecule has 0 aromatic heterocycles. The van der Waals surface area contributed by atoms with Gasteiger partial charge in [-0.1, -0.05) is 22.0 Å². The first-order chi connectivity index (χ1) is 6.54. The summed E-state index contributed by atoms with van der Waals surface area (Å²) < 4.78 is 5.58. The van der Waals surface area contributed by atoms with Gasteiger partial charge < -0.3 is 4.74 Å². The van der Waals surface area contributed by atoms with Crippen LogP contribution >= 0.6 is 15.9 Å². The van der Waals surface area contributed by atoms with Gasteiger partial charge in [0, 0.05) is 4.47 Å². The molecule has 1 aromatic rings. The lowest BCUT2D eigenvalue weighted by Crippen LogP contribution is -2.05. The van der Waals surface area contributed by atoms with Crippen molar-refractivity contribution in [2.24, 2.45) is 0 Å². The molecule has 0 N–H and O–H groups in total. The highest BCUT2D eigenvalue weighted by molar-refractivity contribution is 9.10. The maximum atomic E-state index is 11.1. The van der Waals surface area contributed by atoms with Crippen LogP contribution in [0.2, 0.25) is 0 Å². The number of benzene rings is 1. The summed E-state index contributed by atoms with van der Waals surface area (Å²) in [6.07, 6.45) is 0.318. The van der Waals surface area contributed by atoms with Gasteiger partial charge in [-0.15, -0.1) is 0 Å². The molecule has 0 aliphatic carbocycles. The number of rotatable bonds is 2. The second kappa shape index (κ2) is 4.60. The molecule has 76 valence electrons. The van der Waals surface area contributed by atoms with E-state index in [1.165, 1.54) is 18.2 Å². The van der Waals surface area contributed by atoms with Crippen LogP contribution in [0.5, 0.6) is 0 Å². The highest BCUT2D eigenvalue weighted by Crippen LogP contribution is 2.22. The molecule has 0 aliphatic heterocycles. The van der Waals surface area contributed by atoms with Crippen LogP contribution in [-0.4, -0.2) is 13.1 Å². The molecule has 14 heavy (non-hydrogen) atoms. The Hall–Kier alpha value is -0.830. The van der Waals surface area contributed by atoms with Crippen LogP contribution in [-0.2, 0) is 16.0 Å². The lowest BCUT2D eigenvalue weighted by Gasteiger charge is -2.07. The van der Waals surface area contributed by atoms with Gasteiger partial charge in [-0.05, 0) is 36.6 Å². The number of carbonyl (C=O) groups excluding carboxylic acids is 1. The van der Waals surface area contributed by atoms with Crippen molar-refractivity contribution in [3.63, 3.8) is 0 Å². The van der Waals surface area contributed by atoms with Gasteiger partial charge in [0.1, 0.15) is 0 Å². The molecule has 0 bridgehead atoms. The lowest BCUT2D eigenvalue weighted by molar-refractivity contribution is -0.139. The van der Waals surface area contributed by atoms with Gasteiger partial charge in [-0.25, -0.2) is 0 Å². The second-order valence-electron chi connectivity index (χ2n) is 3.28. The average Bonchev–Trinajstić information content (AvgIpc) is 2.14. The van der Waals surface area contributed by atoms with Crippen molar-refractivity contribution in [1.29, 1.82) is 0 Å². The predicted molar refractivity (Wildman–Crippen MR) is 59.3 cm³/mol. The number of carbonyl (C=O) groups is 1. The zero-order valence-electron chi connectivity index (χ0n) is 8.56. The zero-order chi connectivity index (χ0) is 10.7. The molecule has 2 nitrogen and oxygen atoms in total. The molecule has 0 unspecified atom stereocenters. The highest BCUT2D eigenvalue weighted by atomic mass is 79.9. The van der Waals surface area contributed by atoms with Crippen molar-refractivity contribution in [3.8, 4) is 0 Å². The fourth-order valence-electron chi connectivity index (χ4n) is 1.20. The molecule has 0 saturated carbocycles. The van der Waals surface area contributed by atoms with Crippen molar-refractivity contribution in [2.45, 2.75) is 20.3 Å². The Labute approximate surface area is 92.4 Å². The van der Waals surface area contributed by atoms with Crippen LogP contribution in [0.1, 0.15) is 16.7 Å². The van der Waals surface area contributed by atoms with Gasteiger partial charge in [-0.3, -0.25) is 4.79 Å². The van der Waals surface area contributed by atoms with Gasteiger partial charge in [0.05, 0.1) is 13.5 Å². The molecule has 0 fully saturated rings. The van der Waals surface area contributed by atoms with Crippen LogP contribution in [0, 0.1) is 13.8 Å². The summed E-state index contributed by atoms with van der Waals surface area (Å²) in [5.74, 6) is -0.214. The smallest absolute Gasteiger partial charge is 0.310 e. The molecule has 0 heterocycles. The monoisotopic (exact) mass is 256 g/mol. The SMILES string of the molecule is COC(=O)Cc1cc(C)c(C)cc1Br. The minimum Gasteiger partial charge on any atom is -0.469 e. The highest BCUT2D eigenvalue weighted by Gasteiger charge is 2.08. The van der Waals surface area contributed by atoms with E-state index < -0.39 is 0 Å². The van der Waals surface area contributed by atoms with E-state index in [1.807, 2.05) is 26.0 Å². The predicted octanol–water partition coefficient (Wildman–Crippen LogP) is 2.78. The molecule has 0 saturated heterocycles. The molecule has 0 amide bonds. The minimum absolute atomic E-state index is 0.214. The minimum atomic E-state index is -0.214. The van der Waals surface area contributed by atoms with Gasteiger partial charge in [0.15, 0.2) is 0 Å². The molecular weight excluding hydrogens is 244 g/mol.